The summed E-state index contributed by atoms with van der Waals surface area (Å²) in [6.45, 7) is 3.38. The average Bonchev–Trinajstić information content (AvgIpc) is 2.52. The number of hydrogen-bond acceptors (Lipinski definition) is 3. The monoisotopic (exact) mass is 272 g/mol. The Kier molecular flexibility index (Phi) is 5.59. The zero-order valence-electron chi connectivity index (χ0n) is 11.7. The molecule has 0 aliphatic heterocycles. The van der Waals surface area contributed by atoms with Crippen molar-refractivity contribution in [3.8, 4) is 5.75 Å². The number of aliphatic hydroxyl groups is 1. The molecule has 0 heterocycles. The fourth-order valence-electron chi connectivity index (χ4n) is 1.85. The maximum absolute atomic E-state index is 9.88. The molecule has 0 aliphatic carbocycles. The van der Waals surface area contributed by atoms with Crippen LogP contribution in [0.15, 0.2) is 54.6 Å². The molecule has 0 fully saturated rings. The van der Waals surface area contributed by atoms with E-state index in [4.69, 9.17) is 9.47 Å². The van der Waals surface area contributed by atoms with Gasteiger partial charge in [-0.2, -0.15) is 0 Å². The molecular formula is C17H20O3. The van der Waals surface area contributed by atoms with Crippen molar-refractivity contribution in [1.29, 1.82) is 0 Å². The van der Waals surface area contributed by atoms with Gasteiger partial charge in [0.15, 0.2) is 0 Å². The van der Waals surface area contributed by atoms with Gasteiger partial charge in [-0.15, -0.1) is 0 Å². The second-order valence-corrected chi connectivity index (χ2v) is 4.52. The largest absolute Gasteiger partial charge is 0.489 e. The van der Waals surface area contributed by atoms with Gasteiger partial charge in [-0.25, -0.2) is 0 Å². The predicted octanol–water partition coefficient (Wildman–Crippen LogP) is 3.34. The number of hydrogen-bond donors (Lipinski definition) is 1. The topological polar surface area (TPSA) is 38.7 Å². The van der Waals surface area contributed by atoms with Gasteiger partial charge in [0, 0.05) is 6.61 Å². The Morgan fingerprint density at radius 1 is 1.00 bits per heavy atom. The quantitative estimate of drug-likeness (QED) is 0.840. The molecule has 3 heteroatoms. The minimum atomic E-state index is -0.585. The molecule has 1 N–H and O–H groups in total. The van der Waals surface area contributed by atoms with E-state index in [0.29, 0.717) is 19.8 Å². The second kappa shape index (κ2) is 7.68. The van der Waals surface area contributed by atoms with Gasteiger partial charge in [0.25, 0.3) is 0 Å². The molecule has 0 spiro atoms. The number of aliphatic hydroxyl groups excluding tert-OH is 1. The predicted molar refractivity (Wildman–Crippen MR) is 78.7 cm³/mol. The summed E-state index contributed by atoms with van der Waals surface area (Å²) in [6.07, 6.45) is -0.585. The standard InChI is InChI=1S/C17H20O3/c1-2-19-13-17(18)15-8-10-16(11-9-15)20-12-14-6-4-3-5-7-14/h3-11,17-18H,2,12-13H2,1H3. The highest BCUT2D eigenvalue weighted by Gasteiger charge is 2.07. The maximum Gasteiger partial charge on any atom is 0.119 e. The van der Waals surface area contributed by atoms with Gasteiger partial charge in [0.2, 0.25) is 0 Å². The fraction of sp³-hybridized carbons (Fsp3) is 0.294. The molecule has 0 saturated heterocycles. The number of benzene rings is 2. The van der Waals surface area contributed by atoms with Crippen LogP contribution in [0.2, 0.25) is 0 Å². The second-order valence-electron chi connectivity index (χ2n) is 4.52. The van der Waals surface area contributed by atoms with E-state index in [2.05, 4.69) is 0 Å². The van der Waals surface area contributed by atoms with Crippen LogP contribution in [0.3, 0.4) is 0 Å². The van der Waals surface area contributed by atoms with Gasteiger partial charge >= 0.3 is 0 Å². The van der Waals surface area contributed by atoms with Gasteiger partial charge in [-0.3, -0.25) is 0 Å². The smallest absolute Gasteiger partial charge is 0.119 e. The van der Waals surface area contributed by atoms with Crippen LogP contribution in [0.25, 0.3) is 0 Å². The molecule has 2 aromatic carbocycles. The Morgan fingerprint density at radius 2 is 1.70 bits per heavy atom. The lowest BCUT2D eigenvalue weighted by Gasteiger charge is -2.12. The Labute approximate surface area is 119 Å². The lowest BCUT2D eigenvalue weighted by atomic mass is 10.1. The van der Waals surface area contributed by atoms with E-state index in [9.17, 15) is 5.11 Å². The Bertz CT molecular complexity index is 493. The highest BCUT2D eigenvalue weighted by molar-refractivity contribution is 5.29. The van der Waals surface area contributed by atoms with Crippen LogP contribution in [-0.2, 0) is 11.3 Å². The van der Waals surface area contributed by atoms with E-state index in [1.807, 2.05) is 61.5 Å². The van der Waals surface area contributed by atoms with Crippen molar-refractivity contribution in [3.05, 3.63) is 65.7 Å². The van der Waals surface area contributed by atoms with Crippen LogP contribution in [-0.4, -0.2) is 18.3 Å². The summed E-state index contributed by atoms with van der Waals surface area (Å²) in [6, 6.07) is 17.5. The molecule has 2 rings (SSSR count). The van der Waals surface area contributed by atoms with Crippen molar-refractivity contribution in [2.75, 3.05) is 13.2 Å². The number of rotatable bonds is 7. The van der Waals surface area contributed by atoms with Crippen LogP contribution in [0, 0.1) is 0 Å². The lowest BCUT2D eigenvalue weighted by Crippen LogP contribution is -2.06. The molecule has 0 bridgehead atoms. The molecule has 106 valence electrons. The summed E-state index contributed by atoms with van der Waals surface area (Å²) < 4.78 is 10.9. The van der Waals surface area contributed by atoms with Crippen molar-refractivity contribution in [1.82, 2.24) is 0 Å². The Balaban J connectivity index is 1.88. The first-order valence-electron chi connectivity index (χ1n) is 6.82. The molecular weight excluding hydrogens is 252 g/mol. The first-order valence-corrected chi connectivity index (χ1v) is 6.82. The molecule has 0 saturated carbocycles. The van der Waals surface area contributed by atoms with Gasteiger partial charge in [-0.1, -0.05) is 42.5 Å². The molecule has 2 aromatic rings. The van der Waals surface area contributed by atoms with Gasteiger partial charge in [0.1, 0.15) is 18.5 Å². The minimum absolute atomic E-state index is 0.320. The van der Waals surface area contributed by atoms with E-state index in [1.54, 1.807) is 0 Å². The molecule has 1 atom stereocenters. The summed E-state index contributed by atoms with van der Waals surface area (Å²) in [7, 11) is 0. The van der Waals surface area contributed by atoms with Crippen molar-refractivity contribution in [3.63, 3.8) is 0 Å². The van der Waals surface area contributed by atoms with Crippen LogP contribution < -0.4 is 4.74 Å². The van der Waals surface area contributed by atoms with E-state index in [0.717, 1.165) is 16.9 Å². The van der Waals surface area contributed by atoms with E-state index < -0.39 is 6.10 Å². The highest BCUT2D eigenvalue weighted by Crippen LogP contribution is 2.19. The van der Waals surface area contributed by atoms with E-state index in [-0.39, 0.29) is 0 Å². The van der Waals surface area contributed by atoms with Gasteiger partial charge in [-0.05, 0) is 30.2 Å². The molecule has 1 unspecified atom stereocenters. The summed E-state index contributed by atoms with van der Waals surface area (Å²) in [5.41, 5.74) is 1.97. The van der Waals surface area contributed by atoms with Crippen molar-refractivity contribution >= 4 is 0 Å². The van der Waals surface area contributed by atoms with Crippen molar-refractivity contribution < 1.29 is 14.6 Å². The van der Waals surface area contributed by atoms with E-state index in [1.165, 1.54) is 0 Å². The first-order chi connectivity index (χ1) is 9.79. The van der Waals surface area contributed by atoms with Crippen LogP contribution in [0.1, 0.15) is 24.2 Å². The SMILES string of the molecule is CCOCC(O)c1ccc(OCc2ccccc2)cc1. The molecule has 0 aliphatic rings. The summed E-state index contributed by atoms with van der Waals surface area (Å²) in [5, 5.41) is 9.88. The third kappa shape index (κ3) is 4.37. The average molecular weight is 272 g/mol. The molecule has 20 heavy (non-hydrogen) atoms. The molecule has 3 nitrogen and oxygen atoms in total. The summed E-state index contributed by atoms with van der Waals surface area (Å²) >= 11 is 0. The molecule has 0 radical (unpaired) electrons. The lowest BCUT2D eigenvalue weighted by molar-refractivity contribution is 0.0420. The molecule has 0 aromatic heterocycles. The fourth-order valence-corrected chi connectivity index (χ4v) is 1.85. The minimum Gasteiger partial charge on any atom is -0.489 e. The van der Waals surface area contributed by atoms with Crippen molar-refractivity contribution in [2.45, 2.75) is 19.6 Å². The van der Waals surface area contributed by atoms with Gasteiger partial charge < -0.3 is 14.6 Å². The van der Waals surface area contributed by atoms with Crippen LogP contribution in [0.4, 0.5) is 0 Å². The zero-order chi connectivity index (χ0) is 14.2. The maximum atomic E-state index is 9.88. The third-order valence-corrected chi connectivity index (χ3v) is 2.99. The third-order valence-electron chi connectivity index (χ3n) is 2.99. The van der Waals surface area contributed by atoms with E-state index >= 15 is 0 Å². The normalized spacial score (nSPS) is 12.1. The van der Waals surface area contributed by atoms with Crippen LogP contribution in [0.5, 0.6) is 5.75 Å². The van der Waals surface area contributed by atoms with Gasteiger partial charge in [0.05, 0.1) is 6.61 Å². The molecule has 0 amide bonds. The number of ether oxygens (including phenoxy) is 2. The van der Waals surface area contributed by atoms with Crippen LogP contribution >= 0.6 is 0 Å². The Morgan fingerprint density at radius 3 is 2.35 bits per heavy atom. The summed E-state index contributed by atoms with van der Waals surface area (Å²) in [5.74, 6) is 0.793. The van der Waals surface area contributed by atoms with Crippen molar-refractivity contribution in [2.24, 2.45) is 0 Å². The summed E-state index contributed by atoms with van der Waals surface area (Å²) in [4.78, 5) is 0. The Hall–Kier alpha value is -1.84. The zero-order valence-corrected chi connectivity index (χ0v) is 11.7. The first kappa shape index (κ1) is 14.6. The highest BCUT2D eigenvalue weighted by atomic mass is 16.5.